The maximum absolute atomic E-state index is 5.68. The second-order valence-electron chi connectivity index (χ2n) is 7.72. The molecule has 1 N–H and O–H groups in total. The zero-order chi connectivity index (χ0) is 14.1. The van der Waals surface area contributed by atoms with E-state index in [2.05, 4.69) is 45.1 Å². The second kappa shape index (κ2) is 5.71. The summed E-state index contributed by atoms with van der Waals surface area (Å²) in [6, 6.07) is 0.663. The standard InChI is InChI=1S/C16H32N2O/c1-15(2)13-6-7-16(3,12-13)14(15)17-8-10-19-11-9-18(4)5/h13-14,17H,6-12H2,1-5H3/t13-,14?,16+/m0/s1. The maximum atomic E-state index is 5.68. The van der Waals surface area contributed by atoms with Crippen LogP contribution in [0.2, 0.25) is 0 Å². The van der Waals surface area contributed by atoms with E-state index in [1.54, 1.807) is 0 Å². The lowest BCUT2D eigenvalue weighted by molar-refractivity contribution is 0.0831. The van der Waals surface area contributed by atoms with E-state index in [1.807, 2.05) is 0 Å². The molecule has 0 aromatic heterocycles. The lowest BCUT2D eigenvalue weighted by Gasteiger charge is -2.43. The summed E-state index contributed by atoms with van der Waals surface area (Å²) < 4.78 is 5.68. The van der Waals surface area contributed by atoms with Gasteiger partial charge in [0.05, 0.1) is 13.2 Å². The van der Waals surface area contributed by atoms with Crippen LogP contribution in [0.5, 0.6) is 0 Å². The van der Waals surface area contributed by atoms with Crippen LogP contribution >= 0.6 is 0 Å². The smallest absolute Gasteiger partial charge is 0.0593 e. The van der Waals surface area contributed by atoms with Crippen LogP contribution < -0.4 is 5.32 Å². The summed E-state index contributed by atoms with van der Waals surface area (Å²) >= 11 is 0. The highest BCUT2D eigenvalue weighted by Gasteiger charge is 2.58. The van der Waals surface area contributed by atoms with Crippen molar-refractivity contribution in [2.45, 2.75) is 46.1 Å². The van der Waals surface area contributed by atoms with Gasteiger partial charge in [0, 0.05) is 19.1 Å². The summed E-state index contributed by atoms with van der Waals surface area (Å²) in [5, 5.41) is 3.79. The van der Waals surface area contributed by atoms with Crippen molar-refractivity contribution >= 4 is 0 Å². The molecule has 0 amide bonds. The first-order valence-corrected chi connectivity index (χ1v) is 7.82. The Morgan fingerprint density at radius 3 is 2.53 bits per heavy atom. The summed E-state index contributed by atoms with van der Waals surface area (Å²) in [4.78, 5) is 2.16. The molecule has 2 aliphatic carbocycles. The van der Waals surface area contributed by atoms with Crippen molar-refractivity contribution in [2.24, 2.45) is 16.7 Å². The molecule has 2 bridgehead atoms. The number of hydrogen-bond donors (Lipinski definition) is 1. The van der Waals surface area contributed by atoms with Gasteiger partial charge in [-0.2, -0.15) is 0 Å². The van der Waals surface area contributed by atoms with Crippen LogP contribution in [0.4, 0.5) is 0 Å². The van der Waals surface area contributed by atoms with E-state index in [4.69, 9.17) is 4.74 Å². The van der Waals surface area contributed by atoms with Crippen LogP contribution in [0.15, 0.2) is 0 Å². The zero-order valence-corrected chi connectivity index (χ0v) is 13.5. The van der Waals surface area contributed by atoms with E-state index in [9.17, 15) is 0 Å². The number of ether oxygens (including phenoxy) is 1. The van der Waals surface area contributed by atoms with Gasteiger partial charge >= 0.3 is 0 Å². The van der Waals surface area contributed by atoms with E-state index in [0.717, 1.165) is 32.2 Å². The molecule has 0 radical (unpaired) electrons. The molecular formula is C16H32N2O. The van der Waals surface area contributed by atoms with Crippen LogP contribution in [0, 0.1) is 16.7 Å². The van der Waals surface area contributed by atoms with E-state index in [1.165, 1.54) is 19.3 Å². The van der Waals surface area contributed by atoms with Gasteiger partial charge in [-0.25, -0.2) is 0 Å². The molecule has 0 aliphatic heterocycles. The number of rotatable bonds is 7. The van der Waals surface area contributed by atoms with Crippen LogP contribution in [-0.4, -0.2) is 51.3 Å². The average Bonchev–Trinajstić information content (AvgIpc) is 2.77. The third kappa shape index (κ3) is 3.14. The van der Waals surface area contributed by atoms with Gasteiger partial charge in [0.1, 0.15) is 0 Å². The summed E-state index contributed by atoms with van der Waals surface area (Å²) in [6.07, 6.45) is 4.25. The van der Waals surface area contributed by atoms with Crippen LogP contribution in [-0.2, 0) is 4.74 Å². The highest BCUT2D eigenvalue weighted by atomic mass is 16.5. The van der Waals surface area contributed by atoms with E-state index in [0.29, 0.717) is 16.9 Å². The predicted molar refractivity (Wildman–Crippen MR) is 80.4 cm³/mol. The number of nitrogens with zero attached hydrogens (tertiary/aromatic N) is 1. The first kappa shape index (κ1) is 15.3. The number of likely N-dealkylation sites (N-methyl/N-ethyl adjacent to an activating group) is 1. The fraction of sp³-hybridized carbons (Fsp3) is 1.00. The molecule has 1 unspecified atom stereocenters. The van der Waals surface area contributed by atoms with Gasteiger partial charge in [-0.1, -0.05) is 20.8 Å². The molecule has 3 nitrogen and oxygen atoms in total. The van der Waals surface area contributed by atoms with Gasteiger partial charge in [-0.15, -0.1) is 0 Å². The van der Waals surface area contributed by atoms with E-state index in [-0.39, 0.29) is 0 Å². The first-order valence-electron chi connectivity index (χ1n) is 7.82. The molecule has 2 fully saturated rings. The van der Waals surface area contributed by atoms with Gasteiger partial charge in [0.15, 0.2) is 0 Å². The predicted octanol–water partition coefficient (Wildman–Crippen LogP) is 2.37. The molecule has 3 atom stereocenters. The van der Waals surface area contributed by atoms with Crippen molar-refractivity contribution in [3.05, 3.63) is 0 Å². The van der Waals surface area contributed by atoms with Gasteiger partial charge in [-0.05, 0) is 50.1 Å². The Balaban J connectivity index is 1.71. The monoisotopic (exact) mass is 268 g/mol. The number of fused-ring (bicyclic) bond motifs is 2. The zero-order valence-electron chi connectivity index (χ0n) is 13.5. The Labute approximate surface area is 119 Å². The topological polar surface area (TPSA) is 24.5 Å². The molecule has 0 spiro atoms. The molecule has 0 aromatic rings. The average molecular weight is 268 g/mol. The summed E-state index contributed by atoms with van der Waals surface area (Å²) in [6.45, 7) is 11.0. The fourth-order valence-electron chi connectivity index (χ4n) is 4.44. The summed E-state index contributed by atoms with van der Waals surface area (Å²) in [7, 11) is 4.17. The molecule has 112 valence electrons. The molecule has 2 saturated carbocycles. The Bertz CT molecular complexity index is 298. The minimum atomic E-state index is 0.455. The quantitative estimate of drug-likeness (QED) is 0.718. The molecule has 0 heterocycles. The third-order valence-corrected chi connectivity index (χ3v) is 5.55. The number of nitrogens with one attached hydrogen (secondary N) is 1. The lowest BCUT2D eigenvalue weighted by Crippen LogP contribution is -2.51. The molecular weight excluding hydrogens is 236 g/mol. The minimum Gasteiger partial charge on any atom is -0.379 e. The SMILES string of the molecule is CN(C)CCOCCNC1C(C)(C)[C@H]2CC[C@]1(C)C2. The van der Waals surface area contributed by atoms with Crippen molar-refractivity contribution in [3.63, 3.8) is 0 Å². The maximum Gasteiger partial charge on any atom is 0.0593 e. The van der Waals surface area contributed by atoms with Crippen LogP contribution in [0.25, 0.3) is 0 Å². The van der Waals surface area contributed by atoms with Gasteiger partial charge < -0.3 is 15.0 Å². The minimum absolute atomic E-state index is 0.455. The summed E-state index contributed by atoms with van der Waals surface area (Å²) in [5.74, 6) is 0.921. The Hall–Kier alpha value is -0.120. The largest absolute Gasteiger partial charge is 0.379 e. The van der Waals surface area contributed by atoms with Crippen molar-refractivity contribution in [1.29, 1.82) is 0 Å². The first-order chi connectivity index (χ1) is 8.86. The van der Waals surface area contributed by atoms with E-state index >= 15 is 0 Å². The van der Waals surface area contributed by atoms with Crippen molar-refractivity contribution < 1.29 is 4.74 Å². The van der Waals surface area contributed by atoms with Gasteiger partial charge in [-0.3, -0.25) is 0 Å². The van der Waals surface area contributed by atoms with Crippen LogP contribution in [0.1, 0.15) is 40.0 Å². The molecule has 19 heavy (non-hydrogen) atoms. The van der Waals surface area contributed by atoms with Crippen molar-refractivity contribution in [1.82, 2.24) is 10.2 Å². The van der Waals surface area contributed by atoms with Gasteiger partial charge in [0.2, 0.25) is 0 Å². The lowest BCUT2D eigenvalue weighted by atomic mass is 9.68. The van der Waals surface area contributed by atoms with E-state index < -0.39 is 0 Å². The molecule has 3 heteroatoms. The second-order valence-corrected chi connectivity index (χ2v) is 7.72. The van der Waals surface area contributed by atoms with Gasteiger partial charge in [0.25, 0.3) is 0 Å². The molecule has 2 rings (SSSR count). The number of hydrogen-bond acceptors (Lipinski definition) is 3. The normalized spacial score (nSPS) is 36.3. The highest BCUT2D eigenvalue weighted by molar-refractivity contribution is 5.11. The molecule has 0 saturated heterocycles. The molecule has 0 aromatic carbocycles. The Kier molecular flexibility index (Phi) is 4.59. The fourth-order valence-corrected chi connectivity index (χ4v) is 4.44. The van der Waals surface area contributed by atoms with Crippen molar-refractivity contribution in [2.75, 3.05) is 40.4 Å². The van der Waals surface area contributed by atoms with Crippen molar-refractivity contribution in [3.8, 4) is 0 Å². The third-order valence-electron chi connectivity index (χ3n) is 5.55. The summed E-state index contributed by atoms with van der Waals surface area (Å²) in [5.41, 5.74) is 0.981. The van der Waals surface area contributed by atoms with Crippen LogP contribution in [0.3, 0.4) is 0 Å². The highest BCUT2D eigenvalue weighted by Crippen LogP contribution is 2.62. The Morgan fingerprint density at radius 1 is 1.21 bits per heavy atom. The Morgan fingerprint density at radius 2 is 1.95 bits per heavy atom. The molecule has 2 aliphatic rings.